The van der Waals surface area contributed by atoms with Crippen LogP contribution in [-0.2, 0) is 0 Å². The van der Waals surface area contributed by atoms with Crippen LogP contribution < -0.4 is 5.73 Å². The molecule has 1 rings (SSSR count). The second kappa shape index (κ2) is 2.19. The van der Waals surface area contributed by atoms with E-state index in [9.17, 15) is 0 Å². The molecule has 0 amide bonds. The summed E-state index contributed by atoms with van der Waals surface area (Å²) in [5.41, 5.74) is 7.40. The van der Waals surface area contributed by atoms with Crippen molar-refractivity contribution in [3.05, 3.63) is 17.5 Å². The average molecular weight is 126 g/mol. The van der Waals surface area contributed by atoms with E-state index >= 15 is 0 Å². The summed E-state index contributed by atoms with van der Waals surface area (Å²) in [6.45, 7) is 3.81. The minimum Gasteiger partial charge on any atom is -0.364 e. The highest BCUT2D eigenvalue weighted by atomic mass is 16.5. The van der Waals surface area contributed by atoms with Gasteiger partial charge in [0, 0.05) is 11.6 Å². The first-order valence-electron chi connectivity index (χ1n) is 2.88. The monoisotopic (exact) mass is 126 g/mol. The molecule has 0 fully saturated rings. The Bertz CT molecular complexity index is 193. The minimum absolute atomic E-state index is 0.0243. The molecule has 1 unspecified atom stereocenters. The predicted octanol–water partition coefficient (Wildman–Crippen LogP) is 1.00. The molecule has 0 aromatic carbocycles. The van der Waals surface area contributed by atoms with Gasteiger partial charge in [-0.25, -0.2) is 0 Å². The molecule has 0 aliphatic carbocycles. The summed E-state index contributed by atoms with van der Waals surface area (Å²) in [4.78, 5) is 0. The molecule has 0 aliphatic heterocycles. The largest absolute Gasteiger partial charge is 0.364 e. The van der Waals surface area contributed by atoms with Crippen LogP contribution in [0.15, 0.2) is 10.8 Å². The van der Waals surface area contributed by atoms with Gasteiger partial charge in [0.15, 0.2) is 0 Å². The standard InChI is InChI=1S/C6H10N2O/c1-4-3-9-8-6(4)5(2)7/h3,5H,7H2,1-2H3. The molecule has 1 atom stereocenters. The van der Waals surface area contributed by atoms with Crippen molar-refractivity contribution in [3.63, 3.8) is 0 Å². The van der Waals surface area contributed by atoms with E-state index in [0.29, 0.717) is 0 Å². The summed E-state index contributed by atoms with van der Waals surface area (Å²) in [7, 11) is 0. The van der Waals surface area contributed by atoms with E-state index < -0.39 is 0 Å². The number of aryl methyl sites for hydroxylation is 1. The molecule has 1 aromatic heterocycles. The zero-order chi connectivity index (χ0) is 6.85. The number of nitrogens with zero attached hydrogens (tertiary/aromatic N) is 1. The molecule has 0 radical (unpaired) electrons. The van der Waals surface area contributed by atoms with Crippen LogP contribution in [0.4, 0.5) is 0 Å². The Balaban J connectivity index is 2.94. The maximum Gasteiger partial charge on any atom is 0.127 e. The van der Waals surface area contributed by atoms with E-state index in [1.54, 1.807) is 6.26 Å². The van der Waals surface area contributed by atoms with Gasteiger partial charge in [-0.15, -0.1) is 0 Å². The van der Waals surface area contributed by atoms with Crippen LogP contribution >= 0.6 is 0 Å². The van der Waals surface area contributed by atoms with E-state index in [1.165, 1.54) is 0 Å². The summed E-state index contributed by atoms with van der Waals surface area (Å²) >= 11 is 0. The molecule has 0 saturated heterocycles. The molecule has 50 valence electrons. The average Bonchev–Trinajstić information content (AvgIpc) is 2.13. The normalized spacial score (nSPS) is 13.7. The van der Waals surface area contributed by atoms with Crippen molar-refractivity contribution in [2.24, 2.45) is 5.73 Å². The lowest BCUT2D eigenvalue weighted by atomic mass is 10.2. The minimum atomic E-state index is -0.0243. The fourth-order valence-electron chi connectivity index (χ4n) is 0.737. The van der Waals surface area contributed by atoms with Crippen molar-refractivity contribution in [1.29, 1.82) is 0 Å². The van der Waals surface area contributed by atoms with Gasteiger partial charge in [0.05, 0.1) is 0 Å². The quantitative estimate of drug-likeness (QED) is 0.610. The van der Waals surface area contributed by atoms with Crippen molar-refractivity contribution in [2.75, 3.05) is 0 Å². The second-order valence-electron chi connectivity index (χ2n) is 2.17. The first-order valence-corrected chi connectivity index (χ1v) is 2.88. The van der Waals surface area contributed by atoms with E-state index in [4.69, 9.17) is 5.73 Å². The van der Waals surface area contributed by atoms with Gasteiger partial charge in [-0.2, -0.15) is 0 Å². The van der Waals surface area contributed by atoms with Crippen LogP contribution in [0, 0.1) is 6.92 Å². The van der Waals surface area contributed by atoms with Crippen molar-refractivity contribution >= 4 is 0 Å². The van der Waals surface area contributed by atoms with E-state index in [1.807, 2.05) is 13.8 Å². The fourth-order valence-corrected chi connectivity index (χ4v) is 0.737. The molecule has 3 heteroatoms. The van der Waals surface area contributed by atoms with E-state index in [2.05, 4.69) is 9.68 Å². The van der Waals surface area contributed by atoms with Crippen LogP contribution in [0.5, 0.6) is 0 Å². The molecule has 2 N–H and O–H groups in total. The highest BCUT2D eigenvalue weighted by Crippen LogP contribution is 2.10. The number of aromatic nitrogens is 1. The molecule has 0 aliphatic rings. The third-order valence-electron chi connectivity index (χ3n) is 1.22. The van der Waals surface area contributed by atoms with Crippen LogP contribution in [-0.4, -0.2) is 5.16 Å². The zero-order valence-electron chi connectivity index (χ0n) is 5.59. The highest BCUT2D eigenvalue weighted by molar-refractivity contribution is 5.14. The van der Waals surface area contributed by atoms with Crippen LogP contribution in [0.1, 0.15) is 24.2 Å². The molecule has 9 heavy (non-hydrogen) atoms. The first-order chi connectivity index (χ1) is 4.22. The van der Waals surface area contributed by atoms with Crippen molar-refractivity contribution in [2.45, 2.75) is 19.9 Å². The van der Waals surface area contributed by atoms with Crippen LogP contribution in [0.25, 0.3) is 0 Å². The van der Waals surface area contributed by atoms with Gasteiger partial charge in [0.25, 0.3) is 0 Å². The Hall–Kier alpha value is -0.830. The van der Waals surface area contributed by atoms with Gasteiger partial charge in [-0.05, 0) is 13.8 Å². The summed E-state index contributed by atoms with van der Waals surface area (Å²) in [6, 6.07) is -0.0243. The molecular weight excluding hydrogens is 116 g/mol. The lowest BCUT2D eigenvalue weighted by Crippen LogP contribution is -2.06. The third-order valence-corrected chi connectivity index (χ3v) is 1.22. The number of hydrogen-bond donors (Lipinski definition) is 1. The van der Waals surface area contributed by atoms with Crippen molar-refractivity contribution in [1.82, 2.24) is 5.16 Å². The Labute approximate surface area is 53.8 Å². The lowest BCUT2D eigenvalue weighted by molar-refractivity contribution is 0.407. The molecule has 0 bridgehead atoms. The van der Waals surface area contributed by atoms with Gasteiger partial charge < -0.3 is 10.3 Å². The third kappa shape index (κ3) is 1.10. The number of hydrogen-bond acceptors (Lipinski definition) is 3. The predicted molar refractivity (Wildman–Crippen MR) is 33.8 cm³/mol. The summed E-state index contributed by atoms with van der Waals surface area (Å²) in [6.07, 6.45) is 1.60. The summed E-state index contributed by atoms with van der Waals surface area (Å²) < 4.78 is 4.68. The zero-order valence-corrected chi connectivity index (χ0v) is 5.59. The Morgan fingerprint density at radius 1 is 1.78 bits per heavy atom. The number of rotatable bonds is 1. The summed E-state index contributed by atoms with van der Waals surface area (Å²) in [5.74, 6) is 0. The van der Waals surface area contributed by atoms with E-state index in [-0.39, 0.29) is 6.04 Å². The fraction of sp³-hybridized carbons (Fsp3) is 0.500. The smallest absolute Gasteiger partial charge is 0.127 e. The summed E-state index contributed by atoms with van der Waals surface area (Å²) in [5, 5.41) is 3.72. The Morgan fingerprint density at radius 3 is 2.67 bits per heavy atom. The van der Waals surface area contributed by atoms with Crippen LogP contribution in [0.2, 0.25) is 0 Å². The first kappa shape index (κ1) is 6.29. The topological polar surface area (TPSA) is 52.0 Å². The maximum absolute atomic E-state index is 5.54. The Kier molecular flexibility index (Phi) is 1.53. The Morgan fingerprint density at radius 2 is 2.44 bits per heavy atom. The number of nitrogens with two attached hydrogens (primary N) is 1. The SMILES string of the molecule is Cc1conc1C(C)N. The van der Waals surface area contributed by atoms with Crippen molar-refractivity contribution in [3.8, 4) is 0 Å². The van der Waals surface area contributed by atoms with Gasteiger partial charge in [0.1, 0.15) is 12.0 Å². The van der Waals surface area contributed by atoms with Crippen LogP contribution in [0.3, 0.4) is 0 Å². The molecule has 0 saturated carbocycles. The molecule has 1 heterocycles. The highest BCUT2D eigenvalue weighted by Gasteiger charge is 2.06. The molecule has 3 nitrogen and oxygen atoms in total. The van der Waals surface area contributed by atoms with Gasteiger partial charge in [0.2, 0.25) is 0 Å². The van der Waals surface area contributed by atoms with Gasteiger partial charge in [-0.3, -0.25) is 0 Å². The lowest BCUT2D eigenvalue weighted by Gasteiger charge is -1.97. The molecule has 0 spiro atoms. The molecule has 1 aromatic rings. The molecular formula is C6H10N2O. The van der Waals surface area contributed by atoms with Crippen molar-refractivity contribution < 1.29 is 4.52 Å². The van der Waals surface area contributed by atoms with Gasteiger partial charge >= 0.3 is 0 Å². The maximum atomic E-state index is 5.54. The van der Waals surface area contributed by atoms with Gasteiger partial charge in [-0.1, -0.05) is 5.16 Å². The second-order valence-corrected chi connectivity index (χ2v) is 2.17. The van der Waals surface area contributed by atoms with E-state index in [0.717, 1.165) is 11.3 Å².